The van der Waals surface area contributed by atoms with Crippen LogP contribution in [0.4, 0.5) is 5.82 Å². The van der Waals surface area contributed by atoms with Gasteiger partial charge in [-0.2, -0.15) is 4.98 Å². The predicted octanol–water partition coefficient (Wildman–Crippen LogP) is -0.781. The van der Waals surface area contributed by atoms with Crippen molar-refractivity contribution in [3.05, 3.63) is 22.7 Å². The van der Waals surface area contributed by atoms with E-state index in [9.17, 15) is 14.5 Å². The highest BCUT2D eigenvalue weighted by Crippen LogP contribution is 2.38. The minimum absolute atomic E-state index is 0. The van der Waals surface area contributed by atoms with Gasteiger partial charge in [0.1, 0.15) is 18.1 Å². The van der Waals surface area contributed by atoms with Gasteiger partial charge in [0.25, 0.3) is 0 Å². The minimum Gasteiger partial charge on any atom is -0.390 e. The third-order valence-corrected chi connectivity index (χ3v) is 3.26. The molecule has 0 radical (unpaired) electrons. The number of hydrogen-bond acceptors (Lipinski definition) is 7. The number of anilines is 1. The van der Waals surface area contributed by atoms with E-state index in [1.54, 1.807) is 0 Å². The molecule has 10 nitrogen and oxygen atoms in total. The summed E-state index contributed by atoms with van der Waals surface area (Å²) in [5.74, 6) is 0.0613. The number of hydrogen-bond donors (Lipinski definition) is 4. The SMILES string of the molecule is C.Nc1ccn([C@H]2C[C@@H](O)[C@@H](COP(=O)(O)O)O2)c(=O)n1. The number of ether oxygens (including phenoxy) is 1. The fourth-order valence-corrected chi connectivity index (χ4v) is 2.19. The van der Waals surface area contributed by atoms with E-state index >= 15 is 0 Å². The fourth-order valence-electron chi connectivity index (χ4n) is 1.85. The van der Waals surface area contributed by atoms with Crippen LogP contribution < -0.4 is 11.4 Å². The lowest BCUT2D eigenvalue weighted by molar-refractivity contribution is -0.0450. The molecule has 3 atom stereocenters. The Morgan fingerprint density at radius 1 is 1.57 bits per heavy atom. The van der Waals surface area contributed by atoms with Crippen molar-refractivity contribution in [2.75, 3.05) is 12.3 Å². The van der Waals surface area contributed by atoms with E-state index in [-0.39, 0.29) is 19.7 Å². The molecule has 120 valence electrons. The second kappa shape index (κ2) is 6.65. The summed E-state index contributed by atoms with van der Waals surface area (Å²) in [6.45, 7) is -0.487. The monoisotopic (exact) mass is 323 g/mol. The van der Waals surface area contributed by atoms with E-state index in [2.05, 4.69) is 9.51 Å². The number of aliphatic hydroxyl groups is 1. The molecule has 1 saturated heterocycles. The summed E-state index contributed by atoms with van der Waals surface area (Å²) in [6, 6.07) is 1.40. The first-order valence-corrected chi connectivity index (χ1v) is 7.17. The van der Waals surface area contributed by atoms with E-state index in [0.29, 0.717) is 0 Å². The molecule has 1 aliphatic heterocycles. The van der Waals surface area contributed by atoms with Crippen LogP contribution in [-0.4, -0.2) is 43.3 Å². The van der Waals surface area contributed by atoms with Crippen molar-refractivity contribution in [2.45, 2.75) is 32.3 Å². The quantitative estimate of drug-likeness (QED) is 0.521. The van der Waals surface area contributed by atoms with Crippen molar-refractivity contribution >= 4 is 13.6 Å². The number of phosphoric acid groups is 1. The van der Waals surface area contributed by atoms with Gasteiger partial charge in [0.05, 0.1) is 12.7 Å². The highest BCUT2D eigenvalue weighted by atomic mass is 31.2. The van der Waals surface area contributed by atoms with Crippen LogP contribution in [0.2, 0.25) is 0 Å². The molecule has 0 saturated carbocycles. The van der Waals surface area contributed by atoms with E-state index in [0.717, 1.165) is 4.57 Å². The Labute approximate surface area is 120 Å². The van der Waals surface area contributed by atoms with Gasteiger partial charge in [-0.05, 0) is 6.07 Å². The molecule has 11 heteroatoms. The maximum atomic E-state index is 11.6. The van der Waals surface area contributed by atoms with Crippen molar-refractivity contribution in [1.29, 1.82) is 0 Å². The maximum Gasteiger partial charge on any atom is 0.469 e. The molecule has 0 spiro atoms. The third kappa shape index (κ3) is 4.60. The van der Waals surface area contributed by atoms with Crippen LogP contribution in [0.5, 0.6) is 0 Å². The average molecular weight is 323 g/mol. The van der Waals surface area contributed by atoms with Gasteiger partial charge in [-0.25, -0.2) is 9.36 Å². The summed E-state index contributed by atoms with van der Waals surface area (Å²) >= 11 is 0. The van der Waals surface area contributed by atoms with Gasteiger partial charge in [-0.3, -0.25) is 9.09 Å². The molecule has 2 rings (SSSR count). The summed E-state index contributed by atoms with van der Waals surface area (Å²) in [5, 5.41) is 9.74. The third-order valence-electron chi connectivity index (χ3n) is 2.77. The van der Waals surface area contributed by atoms with Crippen LogP contribution in [0.25, 0.3) is 0 Å². The lowest BCUT2D eigenvalue weighted by atomic mass is 10.2. The molecule has 2 heterocycles. The van der Waals surface area contributed by atoms with E-state index < -0.39 is 38.6 Å². The summed E-state index contributed by atoms with van der Waals surface area (Å²) in [6.07, 6.45) is -1.32. The summed E-state index contributed by atoms with van der Waals surface area (Å²) in [5.41, 5.74) is 4.72. The highest BCUT2D eigenvalue weighted by molar-refractivity contribution is 7.46. The number of nitrogens with zero attached hydrogens (tertiary/aromatic N) is 2. The van der Waals surface area contributed by atoms with Crippen molar-refractivity contribution in [3.8, 4) is 0 Å². The molecule has 1 fully saturated rings. The van der Waals surface area contributed by atoms with Crippen LogP contribution in [0.15, 0.2) is 17.1 Å². The number of aromatic nitrogens is 2. The molecule has 21 heavy (non-hydrogen) atoms. The summed E-state index contributed by atoms with van der Waals surface area (Å²) < 4.78 is 21.3. The topological polar surface area (TPSA) is 157 Å². The van der Waals surface area contributed by atoms with Gasteiger partial charge in [0.15, 0.2) is 0 Å². The van der Waals surface area contributed by atoms with Crippen molar-refractivity contribution < 1.29 is 28.7 Å². The minimum atomic E-state index is -4.64. The summed E-state index contributed by atoms with van der Waals surface area (Å²) in [4.78, 5) is 32.3. The standard InChI is InChI=1S/C9H14N3O7P.CH4/c10-7-1-2-12(9(14)11-7)8-3-5(13)6(19-8)4-18-20(15,16)17;/h1-2,5-6,8,13H,3-4H2,(H2,10,11,14)(H2,15,16,17);1H4/t5-,6-,8-;/m1./s1. The molecule has 1 aliphatic rings. The molecule has 0 unspecified atom stereocenters. The fraction of sp³-hybridized carbons (Fsp3) is 0.600. The Hall–Kier alpha value is -1.29. The van der Waals surface area contributed by atoms with Crippen LogP contribution in [0.1, 0.15) is 20.1 Å². The average Bonchev–Trinajstić information content (AvgIpc) is 2.67. The molecule has 0 bridgehead atoms. The molecule has 0 amide bonds. The number of rotatable bonds is 4. The van der Waals surface area contributed by atoms with Crippen LogP contribution in [0.3, 0.4) is 0 Å². The Bertz CT molecular complexity index is 586. The van der Waals surface area contributed by atoms with Gasteiger partial charge in [0, 0.05) is 12.6 Å². The van der Waals surface area contributed by atoms with Crippen LogP contribution >= 0.6 is 7.82 Å². The predicted molar refractivity (Wildman–Crippen MR) is 72.2 cm³/mol. The van der Waals surface area contributed by atoms with Gasteiger partial charge >= 0.3 is 13.5 Å². The zero-order valence-corrected chi connectivity index (χ0v) is 11.1. The number of aliphatic hydroxyl groups excluding tert-OH is 1. The first kappa shape index (κ1) is 17.8. The maximum absolute atomic E-state index is 11.6. The zero-order chi connectivity index (χ0) is 14.9. The van der Waals surface area contributed by atoms with Gasteiger partial charge < -0.3 is 25.4 Å². The second-order valence-electron chi connectivity index (χ2n) is 4.26. The van der Waals surface area contributed by atoms with Gasteiger partial charge in [0.2, 0.25) is 0 Å². The van der Waals surface area contributed by atoms with Crippen molar-refractivity contribution in [1.82, 2.24) is 9.55 Å². The lowest BCUT2D eigenvalue weighted by Crippen LogP contribution is -2.28. The van der Waals surface area contributed by atoms with Crippen LogP contribution in [-0.2, 0) is 13.8 Å². The molecule has 1 aromatic rings. The van der Waals surface area contributed by atoms with Crippen LogP contribution in [0, 0.1) is 0 Å². The Morgan fingerprint density at radius 3 is 2.81 bits per heavy atom. The first-order valence-electron chi connectivity index (χ1n) is 5.64. The molecule has 0 aromatic carbocycles. The van der Waals surface area contributed by atoms with Gasteiger partial charge in [-0.1, -0.05) is 7.43 Å². The molecule has 0 aliphatic carbocycles. The largest absolute Gasteiger partial charge is 0.469 e. The molecule has 1 aromatic heterocycles. The lowest BCUT2D eigenvalue weighted by Gasteiger charge is -2.16. The summed E-state index contributed by atoms with van der Waals surface area (Å²) in [7, 11) is -4.64. The molecular weight excluding hydrogens is 305 g/mol. The highest BCUT2D eigenvalue weighted by Gasteiger charge is 2.36. The number of phosphoric ester groups is 1. The normalized spacial score (nSPS) is 25.6. The van der Waals surface area contributed by atoms with E-state index in [1.165, 1.54) is 12.3 Å². The molecule has 5 N–H and O–H groups in total. The van der Waals surface area contributed by atoms with Gasteiger partial charge in [-0.15, -0.1) is 0 Å². The number of nitrogen functional groups attached to an aromatic ring is 1. The van der Waals surface area contributed by atoms with Crippen molar-refractivity contribution in [3.63, 3.8) is 0 Å². The Kier molecular flexibility index (Phi) is 5.62. The zero-order valence-electron chi connectivity index (χ0n) is 10.2. The smallest absolute Gasteiger partial charge is 0.390 e. The first-order chi connectivity index (χ1) is 9.26. The molecular formula is C10H18N3O7P. The second-order valence-corrected chi connectivity index (χ2v) is 5.50. The van der Waals surface area contributed by atoms with E-state index in [4.69, 9.17) is 20.3 Å². The van der Waals surface area contributed by atoms with Crippen molar-refractivity contribution in [2.24, 2.45) is 0 Å². The van der Waals surface area contributed by atoms with E-state index in [1.807, 2.05) is 0 Å². The Morgan fingerprint density at radius 2 is 2.24 bits per heavy atom. The number of nitrogens with two attached hydrogens (primary N) is 1. The Balaban J connectivity index is 0.00000220.